The predicted octanol–water partition coefficient (Wildman–Crippen LogP) is 2.41. The van der Waals surface area contributed by atoms with Crippen molar-refractivity contribution in [3.8, 4) is 5.75 Å². The second kappa shape index (κ2) is 8.17. The van der Waals surface area contributed by atoms with Gasteiger partial charge in [-0.3, -0.25) is 4.79 Å². The van der Waals surface area contributed by atoms with Crippen LogP contribution in [0, 0.1) is 6.92 Å². The van der Waals surface area contributed by atoms with Gasteiger partial charge in [0.05, 0.1) is 4.47 Å². The Hall–Kier alpha value is -1.07. The van der Waals surface area contributed by atoms with Crippen molar-refractivity contribution in [1.82, 2.24) is 5.32 Å². The Bertz CT molecular complexity index is 423. The summed E-state index contributed by atoms with van der Waals surface area (Å²) in [5.41, 5.74) is 1.13. The first kappa shape index (κ1) is 16.0. The van der Waals surface area contributed by atoms with Gasteiger partial charge in [-0.2, -0.15) is 0 Å². The average Bonchev–Trinajstić information content (AvgIpc) is 2.35. The number of rotatable bonds is 7. The van der Waals surface area contributed by atoms with Crippen LogP contribution in [0.1, 0.15) is 25.3 Å². The molecule has 1 atom stereocenters. The lowest BCUT2D eigenvalue weighted by molar-refractivity contribution is -0.123. The molecule has 4 nitrogen and oxygen atoms in total. The van der Waals surface area contributed by atoms with Crippen molar-refractivity contribution in [2.24, 2.45) is 0 Å². The minimum absolute atomic E-state index is 0.00880. The number of nitrogens with one attached hydrogen (secondary N) is 1. The molecule has 0 aliphatic carbocycles. The fourth-order valence-electron chi connectivity index (χ4n) is 1.65. The van der Waals surface area contributed by atoms with Gasteiger partial charge in [-0.25, -0.2) is 0 Å². The molecule has 1 amide bonds. The molecule has 0 saturated heterocycles. The minimum Gasteiger partial charge on any atom is -0.483 e. The van der Waals surface area contributed by atoms with Crippen molar-refractivity contribution in [1.29, 1.82) is 0 Å². The standard InChI is InChI=1S/C14H20BrNO3/c1-10-5-6-13(12(15)8-10)19-9-14(18)16-11(2)4-3-7-17/h5-6,8,11,17H,3-4,7,9H2,1-2H3,(H,16,18). The van der Waals surface area contributed by atoms with Crippen LogP contribution in [0.3, 0.4) is 0 Å². The summed E-state index contributed by atoms with van der Waals surface area (Å²) in [6.45, 7) is 4.04. The summed E-state index contributed by atoms with van der Waals surface area (Å²) < 4.78 is 6.29. The van der Waals surface area contributed by atoms with E-state index in [-0.39, 0.29) is 25.2 Å². The summed E-state index contributed by atoms with van der Waals surface area (Å²) in [6, 6.07) is 5.76. The fourth-order valence-corrected chi connectivity index (χ4v) is 2.26. The highest BCUT2D eigenvalue weighted by Gasteiger charge is 2.09. The highest BCUT2D eigenvalue weighted by molar-refractivity contribution is 9.10. The van der Waals surface area contributed by atoms with Crippen LogP contribution in [-0.2, 0) is 4.79 Å². The number of hydrogen-bond acceptors (Lipinski definition) is 3. The van der Waals surface area contributed by atoms with Crippen molar-refractivity contribution in [2.75, 3.05) is 13.2 Å². The topological polar surface area (TPSA) is 58.6 Å². The van der Waals surface area contributed by atoms with Gasteiger partial charge in [0.2, 0.25) is 0 Å². The minimum atomic E-state index is -0.155. The molecule has 0 bridgehead atoms. The molecule has 1 aromatic rings. The van der Waals surface area contributed by atoms with Crippen molar-refractivity contribution in [3.05, 3.63) is 28.2 Å². The normalized spacial score (nSPS) is 12.0. The average molecular weight is 330 g/mol. The molecule has 19 heavy (non-hydrogen) atoms. The molecule has 106 valence electrons. The van der Waals surface area contributed by atoms with Crippen LogP contribution in [0.2, 0.25) is 0 Å². The molecular weight excluding hydrogens is 310 g/mol. The van der Waals surface area contributed by atoms with Crippen molar-refractivity contribution in [2.45, 2.75) is 32.7 Å². The van der Waals surface area contributed by atoms with E-state index in [9.17, 15) is 4.79 Å². The highest BCUT2D eigenvalue weighted by atomic mass is 79.9. The van der Waals surface area contributed by atoms with Gasteiger partial charge in [0.25, 0.3) is 5.91 Å². The number of hydrogen-bond donors (Lipinski definition) is 2. The molecule has 0 aromatic heterocycles. The molecule has 0 aliphatic rings. The summed E-state index contributed by atoms with van der Waals surface area (Å²) >= 11 is 3.40. The summed E-state index contributed by atoms with van der Waals surface area (Å²) in [5, 5.41) is 11.5. The van der Waals surface area contributed by atoms with Gasteiger partial charge in [0.15, 0.2) is 6.61 Å². The Morgan fingerprint density at radius 1 is 1.53 bits per heavy atom. The molecule has 5 heteroatoms. The van der Waals surface area contributed by atoms with Gasteiger partial charge in [0, 0.05) is 12.6 Å². The Morgan fingerprint density at radius 3 is 2.89 bits per heavy atom. The molecule has 0 saturated carbocycles. The van der Waals surface area contributed by atoms with E-state index in [2.05, 4.69) is 21.2 Å². The van der Waals surface area contributed by atoms with E-state index >= 15 is 0 Å². The third-order valence-corrected chi connectivity index (χ3v) is 3.27. The van der Waals surface area contributed by atoms with Gasteiger partial charge in [-0.1, -0.05) is 6.07 Å². The largest absolute Gasteiger partial charge is 0.483 e. The van der Waals surface area contributed by atoms with E-state index in [1.807, 2.05) is 32.0 Å². The Kier molecular flexibility index (Phi) is 6.87. The molecule has 1 unspecified atom stereocenters. The van der Waals surface area contributed by atoms with Crippen LogP contribution in [0.5, 0.6) is 5.75 Å². The number of ether oxygens (including phenoxy) is 1. The molecule has 0 heterocycles. The first-order valence-corrected chi connectivity index (χ1v) is 7.11. The van der Waals surface area contributed by atoms with Crippen LogP contribution in [0.25, 0.3) is 0 Å². The maximum atomic E-state index is 11.7. The lowest BCUT2D eigenvalue weighted by Gasteiger charge is -2.14. The first-order valence-electron chi connectivity index (χ1n) is 6.32. The third kappa shape index (κ3) is 6.07. The van der Waals surface area contributed by atoms with Gasteiger partial charge in [-0.05, 0) is 60.3 Å². The van der Waals surface area contributed by atoms with Crippen LogP contribution >= 0.6 is 15.9 Å². The first-order chi connectivity index (χ1) is 9.02. The van der Waals surface area contributed by atoms with E-state index in [0.29, 0.717) is 12.2 Å². The second-order valence-corrected chi connectivity index (χ2v) is 5.41. The molecule has 0 fully saturated rings. The van der Waals surface area contributed by atoms with Gasteiger partial charge < -0.3 is 15.2 Å². The van der Waals surface area contributed by atoms with E-state index in [4.69, 9.17) is 9.84 Å². The Balaban J connectivity index is 2.37. The summed E-state index contributed by atoms with van der Waals surface area (Å²) in [7, 11) is 0. The molecule has 0 aliphatic heterocycles. The Morgan fingerprint density at radius 2 is 2.26 bits per heavy atom. The van der Waals surface area contributed by atoms with Gasteiger partial charge >= 0.3 is 0 Å². The number of benzene rings is 1. The van der Waals surface area contributed by atoms with Crippen molar-refractivity contribution >= 4 is 21.8 Å². The zero-order valence-corrected chi connectivity index (χ0v) is 12.9. The maximum absolute atomic E-state index is 11.7. The summed E-state index contributed by atoms with van der Waals surface area (Å²) in [5.74, 6) is 0.502. The quantitative estimate of drug-likeness (QED) is 0.807. The monoisotopic (exact) mass is 329 g/mol. The van der Waals surface area contributed by atoms with Crippen LogP contribution < -0.4 is 10.1 Å². The molecule has 0 radical (unpaired) electrons. The van der Waals surface area contributed by atoms with Gasteiger partial charge in [0.1, 0.15) is 5.75 Å². The van der Waals surface area contributed by atoms with Gasteiger partial charge in [-0.15, -0.1) is 0 Å². The van der Waals surface area contributed by atoms with Crippen LogP contribution in [0.15, 0.2) is 22.7 Å². The maximum Gasteiger partial charge on any atom is 0.258 e. The SMILES string of the molecule is Cc1ccc(OCC(=O)NC(C)CCCO)c(Br)c1. The molecule has 1 aromatic carbocycles. The zero-order valence-electron chi connectivity index (χ0n) is 11.3. The molecule has 2 N–H and O–H groups in total. The highest BCUT2D eigenvalue weighted by Crippen LogP contribution is 2.25. The third-order valence-electron chi connectivity index (χ3n) is 2.65. The van der Waals surface area contributed by atoms with E-state index in [0.717, 1.165) is 16.5 Å². The number of aliphatic hydroxyl groups excluding tert-OH is 1. The number of amides is 1. The number of carbonyl (C=O) groups excluding carboxylic acids is 1. The van der Waals surface area contributed by atoms with Crippen molar-refractivity contribution < 1.29 is 14.6 Å². The lowest BCUT2D eigenvalue weighted by atomic mass is 10.2. The smallest absolute Gasteiger partial charge is 0.258 e. The van der Waals surface area contributed by atoms with E-state index in [1.54, 1.807) is 0 Å². The summed E-state index contributed by atoms with van der Waals surface area (Å²) in [6.07, 6.45) is 1.45. The molecular formula is C14H20BrNO3. The number of aliphatic hydroxyl groups is 1. The number of aryl methyl sites for hydroxylation is 1. The molecule has 1 rings (SSSR count). The lowest BCUT2D eigenvalue weighted by Crippen LogP contribution is -2.36. The zero-order chi connectivity index (χ0) is 14.3. The van der Waals surface area contributed by atoms with Crippen molar-refractivity contribution in [3.63, 3.8) is 0 Å². The summed E-state index contributed by atoms with van der Waals surface area (Å²) in [4.78, 5) is 11.7. The number of halogens is 1. The molecule has 0 spiro atoms. The van der Waals surface area contributed by atoms with E-state index < -0.39 is 0 Å². The predicted molar refractivity (Wildman–Crippen MR) is 78.3 cm³/mol. The second-order valence-electron chi connectivity index (χ2n) is 4.56. The van der Waals surface area contributed by atoms with Crippen LogP contribution in [-0.4, -0.2) is 30.3 Å². The van der Waals surface area contributed by atoms with E-state index in [1.165, 1.54) is 0 Å². The Labute approximate surface area is 122 Å². The fraction of sp³-hybridized carbons (Fsp3) is 0.500. The number of carbonyl (C=O) groups is 1. The van der Waals surface area contributed by atoms with Crippen LogP contribution in [0.4, 0.5) is 0 Å².